The van der Waals surface area contributed by atoms with E-state index in [1.54, 1.807) is 0 Å². The lowest BCUT2D eigenvalue weighted by Crippen LogP contribution is -1.62. The van der Waals surface area contributed by atoms with E-state index < -0.39 is 0 Å². The number of rotatable bonds is 0. The number of hydrogen-bond acceptors (Lipinski definition) is 0. The van der Waals surface area contributed by atoms with E-state index >= 15 is 0 Å². The molecule has 0 amide bonds. The van der Waals surface area contributed by atoms with Crippen LogP contribution in [-0.2, 0) is 0 Å². The van der Waals surface area contributed by atoms with Gasteiger partial charge in [-0.1, -0.05) is 175 Å². The maximum atomic E-state index is 2.12. The van der Waals surface area contributed by atoms with Crippen molar-refractivity contribution in [1.82, 2.24) is 0 Å². The fourth-order valence-electron chi connectivity index (χ4n) is 1.07. The monoisotopic (exact) mass is 408 g/mol. The molecule has 0 N–H and O–H groups in total. The van der Waals surface area contributed by atoms with Crippen LogP contribution in [0.2, 0.25) is 0 Å². The Bertz CT molecular complexity index is 311. The van der Waals surface area contributed by atoms with Crippen LogP contribution >= 0.6 is 0 Å². The SMILES string of the molecule is CC.CC.CC.CC.CC.CC.CCC.Cc1ccccc1.Cc1ccccc1. The molecule has 29 heavy (non-hydrogen) atoms. The fraction of sp³-hybridized carbons (Fsp3) is 0.586. The van der Waals surface area contributed by atoms with Crippen LogP contribution in [0.3, 0.4) is 0 Å². The molecule has 0 fully saturated rings. The highest BCUT2D eigenvalue weighted by molar-refractivity contribution is 5.12. The molecule has 0 heteroatoms. The van der Waals surface area contributed by atoms with Crippen LogP contribution in [0.1, 0.15) is 114 Å². The summed E-state index contributed by atoms with van der Waals surface area (Å²) >= 11 is 0. The molecular formula is C29H60. The van der Waals surface area contributed by atoms with Gasteiger partial charge < -0.3 is 0 Å². The number of aryl methyl sites for hydroxylation is 2. The average Bonchev–Trinajstić information content (AvgIpc) is 2.84. The first-order valence-electron chi connectivity index (χ1n) is 12.2. The van der Waals surface area contributed by atoms with E-state index in [0.29, 0.717) is 0 Å². The molecule has 0 aliphatic rings. The van der Waals surface area contributed by atoms with Crippen molar-refractivity contribution in [3.05, 3.63) is 71.8 Å². The summed E-state index contributed by atoms with van der Waals surface area (Å²) < 4.78 is 0. The Morgan fingerprint density at radius 1 is 0.379 bits per heavy atom. The second-order valence-corrected chi connectivity index (χ2v) is 4.02. The van der Waals surface area contributed by atoms with Crippen LogP contribution in [0.15, 0.2) is 60.7 Å². The highest BCUT2D eigenvalue weighted by Crippen LogP contribution is 1.92. The van der Waals surface area contributed by atoms with E-state index in [0.717, 1.165) is 0 Å². The first-order valence-corrected chi connectivity index (χ1v) is 12.2. The quantitative estimate of drug-likeness (QED) is 0.406. The molecule has 0 spiro atoms. The Morgan fingerprint density at radius 3 is 0.586 bits per heavy atom. The van der Waals surface area contributed by atoms with Gasteiger partial charge in [-0.05, 0) is 13.8 Å². The third kappa shape index (κ3) is 75.7. The average molecular weight is 409 g/mol. The van der Waals surface area contributed by atoms with Gasteiger partial charge in [-0.2, -0.15) is 0 Å². The van der Waals surface area contributed by atoms with E-state index in [2.05, 4.69) is 52.0 Å². The van der Waals surface area contributed by atoms with E-state index in [-0.39, 0.29) is 0 Å². The molecule has 0 unspecified atom stereocenters. The number of hydrogen-bond donors (Lipinski definition) is 0. The van der Waals surface area contributed by atoms with Gasteiger partial charge >= 0.3 is 0 Å². The predicted molar refractivity (Wildman–Crippen MR) is 146 cm³/mol. The molecular weight excluding hydrogens is 348 g/mol. The van der Waals surface area contributed by atoms with Gasteiger partial charge in [-0.25, -0.2) is 0 Å². The standard InChI is InChI=1S/2C7H8.C3H8.6C2H6/c2*1-7-5-3-2-4-6-7;1-3-2;6*1-2/h2*2-6H,1H3;3H2,1-2H3;6*1-2H3. The Hall–Kier alpha value is -1.56. The summed E-state index contributed by atoms with van der Waals surface area (Å²) in [5, 5.41) is 0. The molecule has 0 bridgehead atoms. The highest BCUT2D eigenvalue weighted by Gasteiger charge is 1.72. The molecule has 0 aromatic heterocycles. The van der Waals surface area contributed by atoms with E-state index in [1.807, 2.05) is 119 Å². The zero-order chi connectivity index (χ0) is 24.9. The van der Waals surface area contributed by atoms with E-state index in [9.17, 15) is 0 Å². The van der Waals surface area contributed by atoms with Gasteiger partial charge in [0.15, 0.2) is 0 Å². The van der Waals surface area contributed by atoms with Crippen molar-refractivity contribution < 1.29 is 0 Å². The predicted octanol–water partition coefficient (Wildman–Crippen LogP) is 11.6. The van der Waals surface area contributed by atoms with Crippen molar-refractivity contribution in [2.75, 3.05) is 0 Å². The minimum absolute atomic E-state index is 1.25. The minimum atomic E-state index is 1.25. The summed E-state index contributed by atoms with van der Waals surface area (Å²) in [5.74, 6) is 0. The summed E-state index contributed by atoms with van der Waals surface area (Å²) in [6.45, 7) is 32.4. The maximum Gasteiger partial charge on any atom is -0.0398 e. The van der Waals surface area contributed by atoms with E-state index in [1.165, 1.54) is 17.5 Å². The van der Waals surface area contributed by atoms with Gasteiger partial charge in [0.25, 0.3) is 0 Å². The van der Waals surface area contributed by atoms with Crippen molar-refractivity contribution >= 4 is 0 Å². The van der Waals surface area contributed by atoms with Crippen molar-refractivity contribution in [2.24, 2.45) is 0 Å². The van der Waals surface area contributed by atoms with Crippen LogP contribution in [-0.4, -0.2) is 0 Å². The highest BCUT2D eigenvalue weighted by atomic mass is 13.8. The molecule has 2 rings (SSSR count). The van der Waals surface area contributed by atoms with Gasteiger partial charge in [-0.15, -0.1) is 0 Å². The Kier molecular flexibility index (Phi) is 114. The molecule has 2 aromatic carbocycles. The first-order chi connectivity index (χ1) is 14.2. The molecule has 0 heterocycles. The molecule has 0 aliphatic heterocycles. The van der Waals surface area contributed by atoms with Crippen molar-refractivity contribution in [2.45, 2.75) is 117 Å². The minimum Gasteiger partial charge on any atom is -0.0683 e. The normalized spacial score (nSPS) is 6.07. The molecule has 0 atom stereocenters. The Morgan fingerprint density at radius 2 is 0.517 bits per heavy atom. The zero-order valence-corrected chi connectivity index (χ0v) is 23.5. The van der Waals surface area contributed by atoms with Crippen molar-refractivity contribution in [3.8, 4) is 0 Å². The number of benzene rings is 2. The zero-order valence-electron chi connectivity index (χ0n) is 23.5. The van der Waals surface area contributed by atoms with Crippen LogP contribution in [0.5, 0.6) is 0 Å². The van der Waals surface area contributed by atoms with Crippen LogP contribution in [0.25, 0.3) is 0 Å². The maximum absolute atomic E-state index is 2.12. The molecule has 0 saturated heterocycles. The van der Waals surface area contributed by atoms with Gasteiger partial charge in [0, 0.05) is 0 Å². The first kappa shape index (κ1) is 45.9. The van der Waals surface area contributed by atoms with Crippen LogP contribution in [0, 0.1) is 13.8 Å². The van der Waals surface area contributed by atoms with Crippen molar-refractivity contribution in [3.63, 3.8) is 0 Å². The van der Waals surface area contributed by atoms with Gasteiger partial charge in [0.1, 0.15) is 0 Å². The second-order valence-electron chi connectivity index (χ2n) is 4.02. The molecule has 0 radical (unpaired) electrons. The molecule has 0 nitrogen and oxygen atoms in total. The summed E-state index contributed by atoms with van der Waals surface area (Å²) in [5.41, 5.74) is 2.64. The fourth-order valence-corrected chi connectivity index (χ4v) is 1.07. The largest absolute Gasteiger partial charge is 0.0683 e. The summed E-state index contributed by atoms with van der Waals surface area (Å²) in [6, 6.07) is 20.5. The third-order valence-electron chi connectivity index (χ3n) is 1.88. The summed E-state index contributed by atoms with van der Waals surface area (Å²) in [4.78, 5) is 0. The van der Waals surface area contributed by atoms with Crippen LogP contribution < -0.4 is 0 Å². The Balaban J connectivity index is -0.0000000412. The lowest BCUT2D eigenvalue weighted by molar-refractivity contribution is 1.09. The van der Waals surface area contributed by atoms with E-state index in [4.69, 9.17) is 0 Å². The van der Waals surface area contributed by atoms with Crippen molar-refractivity contribution in [1.29, 1.82) is 0 Å². The van der Waals surface area contributed by atoms with Gasteiger partial charge in [0.05, 0.1) is 0 Å². The smallest absolute Gasteiger partial charge is 0.0398 e. The molecule has 2 aromatic rings. The topological polar surface area (TPSA) is 0 Å². The van der Waals surface area contributed by atoms with Gasteiger partial charge in [-0.3, -0.25) is 0 Å². The lowest BCUT2D eigenvalue weighted by atomic mass is 10.2. The lowest BCUT2D eigenvalue weighted by Gasteiger charge is -1.82. The third-order valence-corrected chi connectivity index (χ3v) is 1.88. The van der Waals surface area contributed by atoms with Crippen LogP contribution in [0.4, 0.5) is 0 Å². The molecule has 0 saturated carbocycles. The molecule has 176 valence electrons. The molecule has 0 aliphatic carbocycles. The Labute approximate surface area is 189 Å². The second kappa shape index (κ2) is 71.8. The summed E-state index contributed by atoms with van der Waals surface area (Å²) in [7, 11) is 0. The summed E-state index contributed by atoms with van der Waals surface area (Å²) in [6.07, 6.45) is 1.25. The van der Waals surface area contributed by atoms with Gasteiger partial charge in [0.2, 0.25) is 0 Å².